The molecule has 2 heterocycles. The summed E-state index contributed by atoms with van der Waals surface area (Å²) in [5.41, 5.74) is -7.46. The topological polar surface area (TPSA) is 63.1 Å². The minimum absolute atomic E-state index is 0. The van der Waals surface area contributed by atoms with E-state index in [2.05, 4.69) is 42.9 Å². The van der Waals surface area contributed by atoms with Gasteiger partial charge in [0.05, 0.1) is 5.76 Å². The fourth-order valence-electron chi connectivity index (χ4n) is 5.93. The van der Waals surface area contributed by atoms with E-state index >= 15 is 0 Å². The number of rotatable bonds is 10. The van der Waals surface area contributed by atoms with Gasteiger partial charge in [-0.3, -0.25) is 4.79 Å². The van der Waals surface area contributed by atoms with E-state index < -0.39 is 30.3 Å². The van der Waals surface area contributed by atoms with Crippen LogP contribution in [-0.2, 0) is 31.3 Å². The summed E-state index contributed by atoms with van der Waals surface area (Å²) in [4.78, 5) is 20.5. The van der Waals surface area contributed by atoms with Crippen LogP contribution in [0.2, 0.25) is 17.1 Å². The minimum atomic E-state index is -6.10. The number of aliphatic hydroxyl groups is 1. The summed E-state index contributed by atoms with van der Waals surface area (Å²) >= 11 is -4.68. The van der Waals surface area contributed by atoms with Gasteiger partial charge in [0.15, 0.2) is 5.78 Å². The van der Waals surface area contributed by atoms with Gasteiger partial charge in [-0.1, -0.05) is 27.7 Å². The molecule has 0 fully saturated rings. The van der Waals surface area contributed by atoms with Crippen LogP contribution in [0.3, 0.4) is 0 Å². The Bertz CT molecular complexity index is 2220. The Morgan fingerprint density at radius 1 is 0.979 bits per heavy atom. The number of ketones is 1. The predicted octanol–water partition coefficient (Wildman–Crippen LogP) is 11.5. The van der Waals surface area contributed by atoms with Gasteiger partial charge in [-0.15, -0.1) is 0 Å². The van der Waals surface area contributed by atoms with Crippen LogP contribution in [0.15, 0.2) is 66.7 Å². The van der Waals surface area contributed by atoms with Crippen LogP contribution in [0.25, 0.3) is 42.3 Å². The maximum absolute atomic E-state index is 11.7. The standard InChI is InChI=1S/C28H29GeN2S.C13H24O2.Ir/c1-28(2,3)16-18-11-12-22-24(13-18)32-27-25(30-17-31-26(22)27)20-14-19-9-7-8-10-21(19)23(15-20)29(4,5)6;1-5-10(6-2)12(14)9-13(15)11(7-3)8-4;/h7-13,15,17H,16H2,1-6H3;9-11,14H,5-8H2,1-4H3;/q-1;;/b;12-9-;/i4D3,5D3,6D3,17D;;. The zero-order chi connectivity index (χ0) is 42.9. The molecule has 0 aliphatic heterocycles. The van der Waals surface area contributed by atoms with Crippen molar-refractivity contribution in [2.75, 3.05) is 0 Å². The Morgan fingerprint density at radius 2 is 1.65 bits per heavy atom. The van der Waals surface area contributed by atoms with Crippen LogP contribution in [0.1, 0.15) is 93.4 Å². The molecule has 0 saturated heterocycles. The van der Waals surface area contributed by atoms with Gasteiger partial charge in [-0.25, -0.2) is 0 Å². The molecule has 7 heteroatoms. The number of aliphatic hydroxyl groups excluding tert-OH is 1. The molecule has 4 nitrogen and oxygen atoms in total. The summed E-state index contributed by atoms with van der Waals surface area (Å²) in [6, 6.07) is 17.2. The molecule has 0 amide bonds. The molecule has 0 atom stereocenters. The van der Waals surface area contributed by atoms with Crippen molar-refractivity contribution in [1.82, 2.24) is 9.97 Å². The molecular weight excluding hydrogens is 849 g/mol. The number of carbonyl (C=O) groups excluding carboxylic acids is 1. The third-order valence-corrected chi connectivity index (χ3v) is 12.2. The van der Waals surface area contributed by atoms with E-state index in [0.29, 0.717) is 15.6 Å². The Hall–Kier alpha value is -2.38. The largest absolute Gasteiger partial charge is 0 e. The Labute approximate surface area is 322 Å². The van der Waals surface area contributed by atoms with Crippen molar-refractivity contribution in [3.63, 3.8) is 0 Å². The first-order valence-electron chi connectivity index (χ1n) is 21.4. The van der Waals surface area contributed by atoms with Crippen molar-refractivity contribution in [1.29, 1.82) is 0 Å². The van der Waals surface area contributed by atoms with Gasteiger partial charge in [0.2, 0.25) is 0 Å². The zero-order valence-electron chi connectivity index (χ0n) is 38.9. The summed E-state index contributed by atoms with van der Waals surface area (Å²) in [5, 5.41) is 11.2. The van der Waals surface area contributed by atoms with Gasteiger partial charge in [-0.05, 0) is 25.7 Å². The number of allylic oxidation sites excluding steroid dienone is 2. The molecular formula is C41H53GeIrN2O2S-. The molecule has 0 bridgehead atoms. The molecule has 0 spiro atoms. The summed E-state index contributed by atoms with van der Waals surface area (Å²) in [6.45, 7) is 14.6. The third-order valence-electron chi connectivity index (χ3n) is 8.52. The second-order valence-corrected chi connectivity index (χ2v) is 18.7. The number of benzene rings is 3. The number of thiophene rings is 1. The minimum Gasteiger partial charge on any atom is 0 e. The fraction of sp³-hybridized carbons (Fsp3) is 0.439. The third kappa shape index (κ3) is 9.65. The summed E-state index contributed by atoms with van der Waals surface area (Å²) in [6.07, 6.45) is 5.49. The monoisotopic (exact) mass is 914 g/mol. The Balaban J connectivity index is 0.000000480. The van der Waals surface area contributed by atoms with Crippen LogP contribution < -0.4 is 4.40 Å². The predicted molar refractivity (Wildman–Crippen MR) is 207 cm³/mol. The Morgan fingerprint density at radius 3 is 2.27 bits per heavy atom. The number of hydrogen-bond acceptors (Lipinski definition) is 5. The van der Waals surface area contributed by atoms with Crippen molar-refractivity contribution in [3.05, 3.63) is 78.3 Å². The van der Waals surface area contributed by atoms with E-state index in [1.54, 1.807) is 24.3 Å². The van der Waals surface area contributed by atoms with E-state index in [9.17, 15) is 9.90 Å². The molecule has 259 valence electrons. The van der Waals surface area contributed by atoms with Crippen molar-refractivity contribution in [3.8, 4) is 11.3 Å². The van der Waals surface area contributed by atoms with Crippen molar-refractivity contribution < 1.29 is 43.7 Å². The quantitative estimate of drug-likeness (QED) is 0.0656. The number of nitrogens with zero attached hydrogens (tertiary/aromatic N) is 2. The zero-order valence-corrected chi connectivity index (χ0v) is 34.2. The SMILES string of the molecule is CCC(CC)C(=O)/C=C(\O)C(CC)CC.[2H]c1nc(-c2[c-]c3ccccc3[c]([Ge]([C]([2H])([2H])[2H])([C]([2H])([2H])[2H])[C]([2H])([2H])[2H])c2)c2sc3cc(CC(C)(C)C)ccc3c2n1.[Ir]. The number of aromatic nitrogens is 2. The average Bonchev–Trinajstić information content (AvgIpc) is 3.44. The first kappa shape index (κ1) is 27.4. The summed E-state index contributed by atoms with van der Waals surface area (Å²) in [7, 11) is 0. The average molecular weight is 913 g/mol. The molecule has 5 rings (SSSR count). The van der Waals surface area contributed by atoms with Gasteiger partial charge >= 0.3 is 211 Å². The molecule has 1 radical (unpaired) electrons. The van der Waals surface area contributed by atoms with Crippen LogP contribution in [0.5, 0.6) is 0 Å². The summed E-state index contributed by atoms with van der Waals surface area (Å²) in [5.74, 6) is 0.547. The van der Waals surface area contributed by atoms with E-state index in [1.165, 1.54) is 23.5 Å². The van der Waals surface area contributed by atoms with Crippen LogP contribution in [0, 0.1) is 23.3 Å². The number of fused-ring (bicyclic) bond motifs is 4. The molecule has 3 aromatic carbocycles. The number of hydrogen-bond donors (Lipinski definition) is 1. The summed E-state index contributed by atoms with van der Waals surface area (Å²) < 4.78 is 85.3. The molecule has 2 aromatic heterocycles. The first-order valence-corrected chi connectivity index (χ1v) is 21.5. The molecule has 1 N–H and O–H groups in total. The Kier molecular flexibility index (Phi) is 9.70. The van der Waals surface area contributed by atoms with E-state index in [-0.39, 0.29) is 76.2 Å². The van der Waals surface area contributed by atoms with Crippen molar-refractivity contribution in [2.45, 2.75) is 97.6 Å². The van der Waals surface area contributed by atoms with Crippen LogP contribution in [0.4, 0.5) is 0 Å². The van der Waals surface area contributed by atoms with Gasteiger partial charge in [-0.2, -0.15) is 0 Å². The molecule has 0 unspecified atom stereocenters. The second-order valence-electron chi connectivity index (χ2n) is 13.4. The van der Waals surface area contributed by atoms with E-state index in [1.807, 2.05) is 39.8 Å². The van der Waals surface area contributed by atoms with Crippen LogP contribution >= 0.6 is 11.3 Å². The molecule has 5 aromatic rings. The maximum atomic E-state index is 11.7. The smallest absolute Gasteiger partial charge is 0 e. The van der Waals surface area contributed by atoms with Crippen LogP contribution in [-0.4, -0.2) is 34.1 Å². The normalized spacial score (nSPS) is 16.3. The van der Waals surface area contributed by atoms with Gasteiger partial charge in [0.1, 0.15) is 0 Å². The number of carbonyl (C=O) groups is 1. The molecule has 48 heavy (non-hydrogen) atoms. The van der Waals surface area contributed by atoms with E-state index in [0.717, 1.165) is 47.8 Å². The van der Waals surface area contributed by atoms with E-state index in [4.69, 9.17) is 13.7 Å². The molecule has 0 aliphatic rings. The fourth-order valence-corrected chi connectivity index (χ4v) is 9.20. The molecule has 0 saturated carbocycles. The second kappa shape index (κ2) is 17.0. The van der Waals surface area contributed by atoms with Gasteiger partial charge in [0.25, 0.3) is 0 Å². The first-order chi connectivity index (χ1) is 26.3. The van der Waals surface area contributed by atoms with Gasteiger partial charge in [0, 0.05) is 38.0 Å². The van der Waals surface area contributed by atoms with Crippen molar-refractivity contribution in [2.24, 2.45) is 17.3 Å². The van der Waals surface area contributed by atoms with Crippen molar-refractivity contribution >= 4 is 65.9 Å². The maximum Gasteiger partial charge on any atom is 0 e. The molecule has 0 aliphatic carbocycles. The van der Waals surface area contributed by atoms with Gasteiger partial charge < -0.3 is 5.11 Å².